The van der Waals surface area contributed by atoms with Crippen molar-refractivity contribution in [3.8, 4) is 6.07 Å². The van der Waals surface area contributed by atoms with Crippen LogP contribution in [0.2, 0.25) is 0 Å². The van der Waals surface area contributed by atoms with E-state index in [0.29, 0.717) is 13.2 Å². The maximum atomic E-state index is 11.3. The molecule has 0 aliphatic carbocycles. The van der Waals surface area contributed by atoms with Gasteiger partial charge in [0, 0.05) is 19.6 Å². The first-order valence-corrected chi connectivity index (χ1v) is 5.94. The number of ether oxygens (including phenoxy) is 1. The van der Waals surface area contributed by atoms with E-state index in [1.165, 1.54) is 0 Å². The van der Waals surface area contributed by atoms with Gasteiger partial charge in [-0.05, 0) is 6.54 Å². The lowest BCUT2D eigenvalue weighted by Gasteiger charge is -2.32. The van der Waals surface area contributed by atoms with Gasteiger partial charge < -0.3 is 15.4 Å². The molecule has 0 bridgehead atoms. The van der Waals surface area contributed by atoms with Gasteiger partial charge >= 0.3 is 11.8 Å². The number of morpholine rings is 1. The number of likely N-dealkylation sites (N-methyl/N-ethyl adjacent to an activating group) is 1. The van der Waals surface area contributed by atoms with Crippen LogP contribution < -0.4 is 10.6 Å². The first-order chi connectivity index (χ1) is 8.67. The zero-order valence-electron chi connectivity index (χ0n) is 10.4. The fourth-order valence-electron chi connectivity index (χ4n) is 1.68. The predicted molar refractivity (Wildman–Crippen MR) is 63.5 cm³/mol. The van der Waals surface area contributed by atoms with Crippen LogP contribution >= 0.6 is 0 Å². The number of hydrogen-bond donors (Lipinski definition) is 2. The molecule has 1 unspecified atom stereocenters. The second-order valence-corrected chi connectivity index (χ2v) is 3.94. The standard InChI is InChI=1S/C11H18N4O3/c1-2-15-5-6-18-9(8-15)7-14-11(17)10(16)13-4-3-12/h9H,2,4-8H2,1H3,(H,13,16)(H,14,17). The van der Waals surface area contributed by atoms with Gasteiger partial charge in [0.25, 0.3) is 0 Å². The molecule has 1 heterocycles. The number of nitrogens with zero attached hydrogens (tertiary/aromatic N) is 2. The summed E-state index contributed by atoms with van der Waals surface area (Å²) in [6.07, 6.45) is -0.0913. The van der Waals surface area contributed by atoms with Gasteiger partial charge in [0.2, 0.25) is 0 Å². The molecule has 1 fully saturated rings. The summed E-state index contributed by atoms with van der Waals surface area (Å²) in [5, 5.41) is 12.9. The average molecular weight is 254 g/mol. The smallest absolute Gasteiger partial charge is 0.310 e. The predicted octanol–water partition coefficient (Wildman–Crippen LogP) is -1.54. The minimum Gasteiger partial charge on any atom is -0.374 e. The Balaban J connectivity index is 2.25. The van der Waals surface area contributed by atoms with Gasteiger partial charge in [0.1, 0.15) is 6.54 Å². The monoisotopic (exact) mass is 254 g/mol. The topological polar surface area (TPSA) is 94.5 Å². The third kappa shape index (κ3) is 4.69. The molecule has 0 spiro atoms. The van der Waals surface area contributed by atoms with Crippen LogP contribution in [0.5, 0.6) is 0 Å². The SMILES string of the molecule is CCN1CCOC(CNC(=O)C(=O)NCC#N)C1. The molecule has 0 saturated carbocycles. The first kappa shape index (κ1) is 14.4. The van der Waals surface area contributed by atoms with E-state index in [0.717, 1.165) is 19.6 Å². The molecule has 7 heteroatoms. The van der Waals surface area contributed by atoms with E-state index in [1.54, 1.807) is 6.07 Å². The van der Waals surface area contributed by atoms with Gasteiger partial charge in [0.15, 0.2) is 0 Å². The van der Waals surface area contributed by atoms with Crippen molar-refractivity contribution in [2.24, 2.45) is 0 Å². The van der Waals surface area contributed by atoms with E-state index in [1.807, 2.05) is 0 Å². The van der Waals surface area contributed by atoms with Crippen LogP contribution in [0.3, 0.4) is 0 Å². The largest absolute Gasteiger partial charge is 0.374 e. The van der Waals surface area contributed by atoms with Crippen molar-refractivity contribution < 1.29 is 14.3 Å². The van der Waals surface area contributed by atoms with Gasteiger partial charge in [-0.25, -0.2) is 0 Å². The fourth-order valence-corrected chi connectivity index (χ4v) is 1.68. The Hall–Kier alpha value is -1.65. The molecule has 100 valence electrons. The second-order valence-electron chi connectivity index (χ2n) is 3.94. The Morgan fingerprint density at radius 2 is 2.17 bits per heavy atom. The Morgan fingerprint density at radius 3 is 2.83 bits per heavy atom. The molecule has 1 aliphatic rings. The summed E-state index contributed by atoms with van der Waals surface area (Å²) < 4.78 is 5.48. The summed E-state index contributed by atoms with van der Waals surface area (Å²) in [5.74, 6) is -1.53. The van der Waals surface area contributed by atoms with Crippen molar-refractivity contribution in [3.05, 3.63) is 0 Å². The van der Waals surface area contributed by atoms with E-state index >= 15 is 0 Å². The normalized spacial score (nSPS) is 19.9. The van der Waals surface area contributed by atoms with Crippen LogP contribution in [0.15, 0.2) is 0 Å². The van der Waals surface area contributed by atoms with Gasteiger partial charge in [-0.2, -0.15) is 5.26 Å². The molecule has 1 rings (SSSR count). The number of rotatable bonds is 4. The van der Waals surface area contributed by atoms with Crippen molar-refractivity contribution in [2.45, 2.75) is 13.0 Å². The maximum absolute atomic E-state index is 11.3. The maximum Gasteiger partial charge on any atom is 0.310 e. The Bertz CT molecular complexity index is 340. The summed E-state index contributed by atoms with van der Waals surface area (Å²) in [6.45, 7) is 5.41. The van der Waals surface area contributed by atoms with Crippen LogP contribution in [0.1, 0.15) is 6.92 Å². The molecular formula is C11H18N4O3. The first-order valence-electron chi connectivity index (χ1n) is 5.94. The van der Waals surface area contributed by atoms with Crippen LogP contribution in [0.25, 0.3) is 0 Å². The molecule has 0 radical (unpaired) electrons. The highest BCUT2D eigenvalue weighted by atomic mass is 16.5. The third-order valence-corrected chi connectivity index (χ3v) is 2.69. The summed E-state index contributed by atoms with van der Waals surface area (Å²) in [6, 6.07) is 1.73. The van der Waals surface area contributed by atoms with Crippen LogP contribution in [0, 0.1) is 11.3 Å². The highest BCUT2D eigenvalue weighted by Gasteiger charge is 2.21. The number of hydrogen-bond acceptors (Lipinski definition) is 5. The molecule has 0 aromatic carbocycles. The summed E-state index contributed by atoms with van der Waals surface area (Å²) in [7, 11) is 0. The van der Waals surface area contributed by atoms with E-state index in [9.17, 15) is 9.59 Å². The Labute approximate surface area is 106 Å². The number of nitriles is 1. The quantitative estimate of drug-likeness (QED) is 0.468. The van der Waals surface area contributed by atoms with Crippen LogP contribution in [-0.2, 0) is 14.3 Å². The fraction of sp³-hybridized carbons (Fsp3) is 0.727. The van der Waals surface area contributed by atoms with Crippen molar-refractivity contribution in [3.63, 3.8) is 0 Å². The lowest BCUT2D eigenvalue weighted by molar-refractivity contribution is -0.139. The van der Waals surface area contributed by atoms with E-state index < -0.39 is 11.8 Å². The molecule has 0 aromatic rings. The minimum absolute atomic E-state index is 0.0913. The zero-order valence-corrected chi connectivity index (χ0v) is 10.4. The van der Waals surface area contributed by atoms with Gasteiger partial charge in [-0.1, -0.05) is 6.92 Å². The molecule has 1 aliphatic heterocycles. The number of carbonyl (C=O) groups is 2. The van der Waals surface area contributed by atoms with E-state index in [2.05, 4.69) is 22.5 Å². The van der Waals surface area contributed by atoms with Crippen molar-refractivity contribution >= 4 is 11.8 Å². The van der Waals surface area contributed by atoms with E-state index in [-0.39, 0.29) is 12.6 Å². The summed E-state index contributed by atoms with van der Waals surface area (Å²) in [5.41, 5.74) is 0. The highest BCUT2D eigenvalue weighted by molar-refractivity contribution is 6.35. The highest BCUT2D eigenvalue weighted by Crippen LogP contribution is 2.03. The van der Waals surface area contributed by atoms with E-state index in [4.69, 9.17) is 10.00 Å². The Morgan fingerprint density at radius 1 is 1.44 bits per heavy atom. The van der Waals surface area contributed by atoms with Crippen molar-refractivity contribution in [1.29, 1.82) is 5.26 Å². The zero-order chi connectivity index (χ0) is 13.4. The summed E-state index contributed by atoms with van der Waals surface area (Å²) in [4.78, 5) is 24.7. The number of amides is 2. The molecular weight excluding hydrogens is 236 g/mol. The summed E-state index contributed by atoms with van der Waals surface area (Å²) >= 11 is 0. The van der Waals surface area contributed by atoms with Gasteiger partial charge in [-0.3, -0.25) is 14.5 Å². The Kier molecular flexibility index (Phi) is 6.11. The second kappa shape index (κ2) is 7.63. The molecule has 0 aromatic heterocycles. The average Bonchev–Trinajstić information content (AvgIpc) is 2.42. The molecule has 7 nitrogen and oxygen atoms in total. The van der Waals surface area contributed by atoms with Crippen LogP contribution in [0.4, 0.5) is 0 Å². The van der Waals surface area contributed by atoms with Crippen molar-refractivity contribution in [1.82, 2.24) is 15.5 Å². The van der Waals surface area contributed by atoms with Gasteiger partial charge in [-0.15, -0.1) is 0 Å². The molecule has 1 saturated heterocycles. The minimum atomic E-state index is -0.792. The number of carbonyl (C=O) groups excluding carboxylic acids is 2. The molecule has 1 atom stereocenters. The third-order valence-electron chi connectivity index (χ3n) is 2.69. The number of nitrogens with one attached hydrogen (secondary N) is 2. The molecule has 2 amide bonds. The van der Waals surface area contributed by atoms with Crippen molar-refractivity contribution in [2.75, 3.05) is 39.3 Å². The molecule has 2 N–H and O–H groups in total. The van der Waals surface area contributed by atoms with Crippen LogP contribution in [-0.4, -0.2) is 62.1 Å². The lowest BCUT2D eigenvalue weighted by atomic mass is 10.2. The lowest BCUT2D eigenvalue weighted by Crippen LogP contribution is -2.49. The molecule has 18 heavy (non-hydrogen) atoms. The van der Waals surface area contributed by atoms with Gasteiger partial charge in [0.05, 0.1) is 18.8 Å².